The van der Waals surface area contributed by atoms with Crippen LogP contribution in [0.15, 0.2) is 59.6 Å². The number of benzene rings is 2. The topological polar surface area (TPSA) is 110 Å². The summed E-state index contributed by atoms with van der Waals surface area (Å²) in [6.07, 6.45) is 2.42. The largest absolute Gasteiger partial charge is 0.370 e. The molecule has 0 aliphatic carbocycles. The summed E-state index contributed by atoms with van der Waals surface area (Å²) in [4.78, 5) is 8.90. The Bertz CT molecular complexity index is 1050. The van der Waals surface area contributed by atoms with Gasteiger partial charge in [-0.1, -0.05) is 30.3 Å². The van der Waals surface area contributed by atoms with Gasteiger partial charge in [0.15, 0.2) is 0 Å². The molecule has 28 heavy (non-hydrogen) atoms. The van der Waals surface area contributed by atoms with E-state index in [-0.39, 0.29) is 4.90 Å². The zero-order valence-electron chi connectivity index (χ0n) is 15.8. The third-order valence-corrected chi connectivity index (χ3v) is 5.27. The maximum Gasteiger partial charge on any atom is 0.238 e. The highest BCUT2D eigenvalue weighted by Gasteiger charge is 2.07. The number of rotatable bonds is 7. The van der Waals surface area contributed by atoms with E-state index < -0.39 is 10.0 Å². The standard InChI is InChI=1S/C20H23N5O2S/c1-14-4-3-5-15(2)19(14)25-20-23-13-11-18(24-20)22-12-10-16-6-8-17(9-7-16)28(21,26)27/h3-9,11,13H,10,12H2,1-2H3,(H2,21,26,27)(H2,22,23,24,25). The van der Waals surface area contributed by atoms with Crippen molar-refractivity contribution in [1.82, 2.24) is 9.97 Å². The SMILES string of the molecule is Cc1cccc(C)c1Nc1nccc(NCCc2ccc(S(N)(=O)=O)cc2)n1. The lowest BCUT2D eigenvalue weighted by Crippen LogP contribution is -2.12. The van der Waals surface area contributed by atoms with Crippen molar-refractivity contribution < 1.29 is 8.42 Å². The number of hydrogen-bond donors (Lipinski definition) is 3. The predicted octanol–water partition coefficient (Wildman–Crippen LogP) is 3.14. The van der Waals surface area contributed by atoms with Crippen molar-refractivity contribution >= 4 is 27.5 Å². The smallest absolute Gasteiger partial charge is 0.238 e. The number of sulfonamides is 1. The first-order valence-corrected chi connectivity index (χ1v) is 10.4. The van der Waals surface area contributed by atoms with Crippen LogP contribution in [0, 0.1) is 13.8 Å². The van der Waals surface area contributed by atoms with Gasteiger partial charge in [0.25, 0.3) is 0 Å². The van der Waals surface area contributed by atoms with Gasteiger partial charge in [-0.25, -0.2) is 18.5 Å². The third-order valence-electron chi connectivity index (χ3n) is 4.35. The van der Waals surface area contributed by atoms with Crippen molar-refractivity contribution in [2.24, 2.45) is 5.14 Å². The average molecular weight is 398 g/mol. The van der Waals surface area contributed by atoms with E-state index in [2.05, 4.69) is 20.6 Å². The summed E-state index contributed by atoms with van der Waals surface area (Å²) in [5.41, 5.74) is 4.27. The summed E-state index contributed by atoms with van der Waals surface area (Å²) in [5, 5.41) is 11.6. The van der Waals surface area contributed by atoms with Gasteiger partial charge in [0.1, 0.15) is 5.82 Å². The molecule has 4 N–H and O–H groups in total. The fraction of sp³-hybridized carbons (Fsp3) is 0.200. The van der Waals surface area contributed by atoms with Gasteiger partial charge >= 0.3 is 0 Å². The van der Waals surface area contributed by atoms with Crippen LogP contribution in [-0.2, 0) is 16.4 Å². The Hall–Kier alpha value is -2.97. The summed E-state index contributed by atoms with van der Waals surface area (Å²) in [6.45, 7) is 4.73. The van der Waals surface area contributed by atoms with Crippen LogP contribution in [0.5, 0.6) is 0 Å². The van der Waals surface area contributed by atoms with Gasteiger partial charge in [0, 0.05) is 18.4 Å². The highest BCUT2D eigenvalue weighted by atomic mass is 32.2. The Morgan fingerprint density at radius 1 is 1.00 bits per heavy atom. The first-order valence-electron chi connectivity index (χ1n) is 8.85. The molecule has 1 heterocycles. The summed E-state index contributed by atoms with van der Waals surface area (Å²) < 4.78 is 22.6. The predicted molar refractivity (Wildman–Crippen MR) is 111 cm³/mol. The van der Waals surface area contributed by atoms with Crippen LogP contribution in [0.3, 0.4) is 0 Å². The second-order valence-corrected chi connectivity index (χ2v) is 8.08. The quantitative estimate of drug-likeness (QED) is 0.565. The van der Waals surface area contributed by atoms with E-state index in [1.807, 2.05) is 32.0 Å². The molecule has 1 aromatic heterocycles. The molecule has 0 spiro atoms. The molecule has 3 aromatic rings. The first kappa shape index (κ1) is 19.8. The van der Waals surface area contributed by atoms with Gasteiger partial charge < -0.3 is 10.6 Å². The van der Waals surface area contributed by atoms with Crippen LogP contribution in [0.4, 0.5) is 17.5 Å². The number of nitrogens with zero attached hydrogens (tertiary/aromatic N) is 2. The molecule has 0 bridgehead atoms. The van der Waals surface area contributed by atoms with Crippen molar-refractivity contribution in [2.45, 2.75) is 25.2 Å². The molecule has 146 valence electrons. The zero-order valence-corrected chi connectivity index (χ0v) is 16.6. The average Bonchev–Trinajstić information content (AvgIpc) is 2.65. The molecule has 0 fully saturated rings. The normalized spacial score (nSPS) is 11.2. The molecule has 7 nitrogen and oxygen atoms in total. The third kappa shape index (κ3) is 5.05. The monoisotopic (exact) mass is 397 g/mol. The lowest BCUT2D eigenvalue weighted by atomic mass is 10.1. The number of anilines is 3. The Kier molecular flexibility index (Phi) is 5.91. The maximum absolute atomic E-state index is 11.3. The molecule has 0 radical (unpaired) electrons. The second-order valence-electron chi connectivity index (χ2n) is 6.52. The van der Waals surface area contributed by atoms with Crippen LogP contribution in [0.2, 0.25) is 0 Å². The fourth-order valence-corrected chi connectivity index (χ4v) is 3.34. The molecule has 0 atom stereocenters. The number of primary sulfonamides is 1. The first-order chi connectivity index (χ1) is 13.3. The van der Waals surface area contributed by atoms with Crippen LogP contribution in [0.1, 0.15) is 16.7 Å². The number of nitrogens with two attached hydrogens (primary N) is 1. The maximum atomic E-state index is 11.3. The number of nitrogens with one attached hydrogen (secondary N) is 2. The molecule has 0 saturated heterocycles. The van der Waals surface area contributed by atoms with E-state index >= 15 is 0 Å². The van der Waals surface area contributed by atoms with Crippen molar-refractivity contribution in [3.05, 3.63) is 71.4 Å². The second kappa shape index (κ2) is 8.37. The van der Waals surface area contributed by atoms with Crippen molar-refractivity contribution in [3.8, 4) is 0 Å². The highest BCUT2D eigenvalue weighted by Crippen LogP contribution is 2.22. The van der Waals surface area contributed by atoms with Gasteiger partial charge in [-0.05, 0) is 55.2 Å². The van der Waals surface area contributed by atoms with E-state index in [4.69, 9.17) is 5.14 Å². The van der Waals surface area contributed by atoms with Crippen molar-refractivity contribution in [2.75, 3.05) is 17.2 Å². The molecular weight excluding hydrogens is 374 g/mol. The molecule has 3 rings (SSSR count). The Morgan fingerprint density at radius 2 is 1.68 bits per heavy atom. The van der Waals surface area contributed by atoms with Crippen LogP contribution < -0.4 is 15.8 Å². The molecule has 0 saturated carbocycles. The van der Waals surface area contributed by atoms with Gasteiger partial charge in [0.2, 0.25) is 16.0 Å². The van der Waals surface area contributed by atoms with E-state index in [0.29, 0.717) is 24.7 Å². The Labute approximate surface area is 165 Å². The number of aromatic nitrogens is 2. The lowest BCUT2D eigenvalue weighted by Gasteiger charge is -2.12. The van der Waals surface area contributed by atoms with Crippen LogP contribution in [-0.4, -0.2) is 24.9 Å². The highest BCUT2D eigenvalue weighted by molar-refractivity contribution is 7.89. The summed E-state index contributed by atoms with van der Waals surface area (Å²) in [5.74, 6) is 1.24. The van der Waals surface area contributed by atoms with E-state index in [9.17, 15) is 8.42 Å². The van der Waals surface area contributed by atoms with Gasteiger partial charge in [-0.3, -0.25) is 0 Å². The minimum Gasteiger partial charge on any atom is -0.370 e. The summed E-state index contributed by atoms with van der Waals surface area (Å²) >= 11 is 0. The van der Waals surface area contributed by atoms with Crippen LogP contribution >= 0.6 is 0 Å². The van der Waals surface area contributed by atoms with Crippen LogP contribution in [0.25, 0.3) is 0 Å². The zero-order chi connectivity index (χ0) is 20.1. The number of hydrogen-bond acceptors (Lipinski definition) is 6. The molecular formula is C20H23N5O2S. The Balaban J connectivity index is 1.61. The molecule has 8 heteroatoms. The lowest BCUT2D eigenvalue weighted by molar-refractivity contribution is 0.598. The van der Waals surface area contributed by atoms with Gasteiger partial charge in [-0.15, -0.1) is 0 Å². The molecule has 0 aliphatic rings. The fourth-order valence-electron chi connectivity index (χ4n) is 2.82. The molecule has 0 unspecified atom stereocenters. The minimum absolute atomic E-state index is 0.113. The van der Waals surface area contributed by atoms with E-state index in [1.165, 1.54) is 12.1 Å². The molecule has 0 aliphatic heterocycles. The van der Waals surface area contributed by atoms with E-state index in [0.717, 1.165) is 22.4 Å². The minimum atomic E-state index is -3.66. The molecule has 0 amide bonds. The summed E-state index contributed by atoms with van der Waals surface area (Å²) in [6, 6.07) is 14.5. The van der Waals surface area contributed by atoms with E-state index in [1.54, 1.807) is 24.4 Å². The number of aryl methyl sites for hydroxylation is 2. The summed E-state index contributed by atoms with van der Waals surface area (Å²) in [7, 11) is -3.66. The van der Waals surface area contributed by atoms with Crippen molar-refractivity contribution in [1.29, 1.82) is 0 Å². The Morgan fingerprint density at radius 3 is 2.32 bits per heavy atom. The van der Waals surface area contributed by atoms with Gasteiger partial charge in [-0.2, -0.15) is 4.98 Å². The van der Waals surface area contributed by atoms with Crippen molar-refractivity contribution in [3.63, 3.8) is 0 Å². The number of para-hydroxylation sites is 1. The van der Waals surface area contributed by atoms with Gasteiger partial charge in [0.05, 0.1) is 4.90 Å². The molecule has 2 aromatic carbocycles.